The average Bonchev–Trinajstić information content (AvgIpc) is 3.54. The monoisotopic (exact) mass is 755 g/mol. The first-order valence-corrected chi connectivity index (χ1v) is 20.6. The summed E-state index contributed by atoms with van der Waals surface area (Å²) in [5.74, 6) is 0. The van der Waals surface area contributed by atoms with Crippen LogP contribution in [0.15, 0.2) is 237 Å². The molecule has 282 valence electrons. The Morgan fingerprint density at radius 1 is 0.305 bits per heavy atom. The quantitative estimate of drug-likeness (QED) is 0.133. The second kappa shape index (κ2) is 14.9. The molecule has 1 aliphatic carbocycles. The number of hydrogen-bond acceptors (Lipinski definition) is 1. The van der Waals surface area contributed by atoms with Crippen molar-refractivity contribution in [3.8, 4) is 33.4 Å². The van der Waals surface area contributed by atoms with Gasteiger partial charge in [0.25, 0.3) is 0 Å². The summed E-state index contributed by atoms with van der Waals surface area (Å²) in [6.45, 7) is 4.74. The number of benzene rings is 9. The molecule has 0 aromatic heterocycles. The predicted molar refractivity (Wildman–Crippen MR) is 248 cm³/mol. The third kappa shape index (κ3) is 6.27. The summed E-state index contributed by atoms with van der Waals surface area (Å²) in [6, 6.07) is 86.7. The topological polar surface area (TPSA) is 3.24 Å². The molecule has 0 unspecified atom stereocenters. The summed E-state index contributed by atoms with van der Waals surface area (Å²) >= 11 is 0. The van der Waals surface area contributed by atoms with E-state index in [-0.39, 0.29) is 5.41 Å². The lowest BCUT2D eigenvalue weighted by molar-refractivity contribution is 0.654. The van der Waals surface area contributed by atoms with E-state index < -0.39 is 5.41 Å². The molecule has 0 heterocycles. The van der Waals surface area contributed by atoms with Gasteiger partial charge in [-0.25, -0.2) is 0 Å². The maximum Gasteiger partial charge on any atom is 0.0701 e. The Labute approximate surface area is 348 Å². The molecule has 0 bridgehead atoms. The van der Waals surface area contributed by atoms with E-state index in [0.717, 1.165) is 17.1 Å². The highest BCUT2D eigenvalue weighted by molar-refractivity contribution is 5.83. The van der Waals surface area contributed by atoms with Crippen LogP contribution in [0.5, 0.6) is 0 Å². The molecule has 0 N–H and O–H groups in total. The number of anilines is 3. The van der Waals surface area contributed by atoms with Gasteiger partial charge in [0.2, 0.25) is 0 Å². The van der Waals surface area contributed by atoms with E-state index in [1.165, 1.54) is 66.8 Å². The Bertz CT molecular complexity index is 2720. The zero-order chi connectivity index (χ0) is 39.8. The minimum Gasteiger partial charge on any atom is -0.311 e. The summed E-state index contributed by atoms with van der Waals surface area (Å²) in [7, 11) is 0. The Balaban J connectivity index is 1.14. The van der Waals surface area contributed by atoms with Crippen molar-refractivity contribution in [1.29, 1.82) is 0 Å². The van der Waals surface area contributed by atoms with Gasteiger partial charge < -0.3 is 4.90 Å². The molecule has 0 atom stereocenters. The van der Waals surface area contributed by atoms with E-state index in [9.17, 15) is 0 Å². The van der Waals surface area contributed by atoms with Gasteiger partial charge in [0.05, 0.1) is 5.41 Å². The summed E-state index contributed by atoms with van der Waals surface area (Å²) < 4.78 is 0. The fraction of sp³-hybridized carbons (Fsp3) is 0.0690. The van der Waals surface area contributed by atoms with Crippen LogP contribution in [-0.2, 0) is 10.8 Å². The first-order chi connectivity index (χ1) is 29.0. The highest BCUT2D eigenvalue weighted by atomic mass is 15.1. The van der Waals surface area contributed by atoms with Gasteiger partial charge in [0.1, 0.15) is 0 Å². The molecular formula is C58H45N. The van der Waals surface area contributed by atoms with E-state index in [2.05, 4.69) is 255 Å². The van der Waals surface area contributed by atoms with Crippen LogP contribution in [0.2, 0.25) is 0 Å². The SMILES string of the molecule is CC1(C)c2ccccc2-c2ccc(C(c3ccccc3)(c3ccccc3)c3ccc(N(c4ccc(-c5ccccc5)cc4)c4ccc(-c5ccccc5)cc4)cc3)cc21. The molecule has 10 rings (SSSR count). The Hall–Kier alpha value is -7.22. The smallest absolute Gasteiger partial charge is 0.0701 e. The summed E-state index contributed by atoms with van der Waals surface area (Å²) in [5.41, 5.74) is 17.7. The van der Waals surface area contributed by atoms with Gasteiger partial charge in [-0.05, 0) is 103 Å². The number of fused-ring (bicyclic) bond motifs is 3. The molecule has 0 amide bonds. The Morgan fingerprint density at radius 2 is 0.661 bits per heavy atom. The molecule has 1 heteroatoms. The first-order valence-electron chi connectivity index (χ1n) is 20.6. The van der Waals surface area contributed by atoms with Crippen LogP contribution in [0, 0.1) is 0 Å². The molecule has 1 nitrogen and oxygen atoms in total. The van der Waals surface area contributed by atoms with Crippen LogP contribution in [0.1, 0.15) is 47.2 Å². The lowest BCUT2D eigenvalue weighted by atomic mass is 9.64. The maximum absolute atomic E-state index is 2.50. The lowest BCUT2D eigenvalue weighted by Crippen LogP contribution is -2.31. The molecule has 0 saturated heterocycles. The molecule has 0 spiro atoms. The maximum atomic E-state index is 2.50. The molecule has 59 heavy (non-hydrogen) atoms. The second-order valence-corrected chi connectivity index (χ2v) is 16.1. The molecule has 9 aromatic carbocycles. The predicted octanol–water partition coefficient (Wildman–Crippen LogP) is 15.2. The fourth-order valence-electron chi connectivity index (χ4n) is 9.49. The van der Waals surface area contributed by atoms with E-state index in [1.807, 2.05) is 0 Å². The second-order valence-electron chi connectivity index (χ2n) is 16.1. The third-order valence-electron chi connectivity index (χ3n) is 12.5. The van der Waals surface area contributed by atoms with Crippen molar-refractivity contribution in [2.45, 2.75) is 24.7 Å². The normalized spacial score (nSPS) is 12.7. The largest absolute Gasteiger partial charge is 0.311 e. The van der Waals surface area contributed by atoms with Crippen LogP contribution in [0.4, 0.5) is 17.1 Å². The molecule has 0 radical (unpaired) electrons. The number of hydrogen-bond donors (Lipinski definition) is 0. The van der Waals surface area contributed by atoms with Crippen LogP contribution in [0.3, 0.4) is 0 Å². The van der Waals surface area contributed by atoms with Crippen molar-refractivity contribution in [1.82, 2.24) is 0 Å². The molecule has 0 fully saturated rings. The Morgan fingerprint density at radius 3 is 1.15 bits per heavy atom. The molecule has 0 saturated carbocycles. The van der Waals surface area contributed by atoms with Gasteiger partial charge in [-0.3, -0.25) is 0 Å². The van der Waals surface area contributed by atoms with Gasteiger partial charge in [0, 0.05) is 22.5 Å². The van der Waals surface area contributed by atoms with E-state index in [4.69, 9.17) is 0 Å². The van der Waals surface area contributed by atoms with Crippen molar-refractivity contribution in [3.05, 3.63) is 270 Å². The zero-order valence-electron chi connectivity index (χ0n) is 33.5. The van der Waals surface area contributed by atoms with Crippen molar-refractivity contribution in [2.75, 3.05) is 4.90 Å². The van der Waals surface area contributed by atoms with Crippen LogP contribution < -0.4 is 4.90 Å². The van der Waals surface area contributed by atoms with Gasteiger partial charge in [-0.1, -0.05) is 214 Å². The summed E-state index contributed by atoms with van der Waals surface area (Å²) in [6.07, 6.45) is 0. The molecule has 9 aromatic rings. The van der Waals surface area contributed by atoms with Crippen LogP contribution >= 0.6 is 0 Å². The van der Waals surface area contributed by atoms with E-state index >= 15 is 0 Å². The standard InChI is InChI=1S/C58H45N/c1-57(2)55-26-16-15-25-53(55)54-40-33-49(41-56(54)57)58(46-21-11-5-12-22-46,47-23-13-6-14-24-47)48-31-38-52(39-32-48)59(50-34-27-44(28-35-50)42-17-7-3-8-18-42)51-36-29-45(30-37-51)43-19-9-4-10-20-43/h3-41H,1-2H3. The fourth-order valence-corrected chi connectivity index (χ4v) is 9.49. The zero-order valence-corrected chi connectivity index (χ0v) is 33.5. The van der Waals surface area contributed by atoms with Gasteiger partial charge in [-0.2, -0.15) is 0 Å². The van der Waals surface area contributed by atoms with Gasteiger partial charge >= 0.3 is 0 Å². The van der Waals surface area contributed by atoms with Gasteiger partial charge in [0.15, 0.2) is 0 Å². The first kappa shape index (κ1) is 36.1. The van der Waals surface area contributed by atoms with E-state index in [1.54, 1.807) is 0 Å². The highest BCUT2D eigenvalue weighted by Gasteiger charge is 2.42. The Kier molecular flexibility index (Phi) is 9.15. The van der Waals surface area contributed by atoms with Crippen molar-refractivity contribution >= 4 is 17.1 Å². The van der Waals surface area contributed by atoms with Crippen LogP contribution in [0.25, 0.3) is 33.4 Å². The molecular weight excluding hydrogens is 711 g/mol. The minimum absolute atomic E-state index is 0.127. The summed E-state index contributed by atoms with van der Waals surface area (Å²) in [5, 5.41) is 0. The third-order valence-corrected chi connectivity index (χ3v) is 12.5. The highest BCUT2D eigenvalue weighted by Crippen LogP contribution is 2.52. The van der Waals surface area contributed by atoms with Crippen molar-refractivity contribution in [2.24, 2.45) is 0 Å². The van der Waals surface area contributed by atoms with Gasteiger partial charge in [-0.15, -0.1) is 0 Å². The minimum atomic E-state index is -0.583. The van der Waals surface area contributed by atoms with E-state index in [0.29, 0.717) is 0 Å². The average molecular weight is 756 g/mol. The van der Waals surface area contributed by atoms with Crippen molar-refractivity contribution in [3.63, 3.8) is 0 Å². The number of nitrogens with zero attached hydrogens (tertiary/aromatic N) is 1. The molecule has 0 aliphatic heterocycles. The number of rotatable bonds is 9. The van der Waals surface area contributed by atoms with Crippen LogP contribution in [-0.4, -0.2) is 0 Å². The molecule has 1 aliphatic rings. The summed E-state index contributed by atoms with van der Waals surface area (Å²) in [4.78, 5) is 2.37. The van der Waals surface area contributed by atoms with Crippen molar-refractivity contribution < 1.29 is 0 Å². The lowest BCUT2D eigenvalue weighted by Gasteiger charge is -2.38.